The van der Waals surface area contributed by atoms with Gasteiger partial charge in [-0.05, 0) is 64.7 Å². The van der Waals surface area contributed by atoms with Crippen molar-refractivity contribution in [3.8, 4) is 56.4 Å². The van der Waals surface area contributed by atoms with Crippen molar-refractivity contribution in [2.24, 2.45) is 0 Å². The van der Waals surface area contributed by atoms with E-state index in [0.29, 0.717) is 17.5 Å². The molecule has 0 aliphatic heterocycles. The van der Waals surface area contributed by atoms with Gasteiger partial charge < -0.3 is 4.42 Å². The van der Waals surface area contributed by atoms with E-state index in [1.807, 2.05) is 97.2 Å². The minimum atomic E-state index is 0.547. The van der Waals surface area contributed by atoms with Gasteiger partial charge in [-0.25, -0.2) is 24.9 Å². The van der Waals surface area contributed by atoms with Crippen LogP contribution < -0.4 is 0 Å². The number of aromatic nitrogens is 5. The summed E-state index contributed by atoms with van der Waals surface area (Å²) >= 11 is 0. The summed E-state index contributed by atoms with van der Waals surface area (Å²) in [7, 11) is 0. The maximum Gasteiger partial charge on any atom is 0.167 e. The summed E-state index contributed by atoms with van der Waals surface area (Å²) in [5, 5.41) is 3.05. The summed E-state index contributed by atoms with van der Waals surface area (Å²) in [6.07, 6.45) is 3.59. The molecule has 0 aliphatic rings. The first kappa shape index (κ1) is 26.8. The molecule has 0 aliphatic carbocycles. The molecular formula is C41H25N5O. The lowest BCUT2D eigenvalue weighted by atomic mass is 9.95. The quantitative estimate of drug-likeness (QED) is 0.195. The van der Waals surface area contributed by atoms with Crippen molar-refractivity contribution in [2.75, 3.05) is 0 Å². The van der Waals surface area contributed by atoms with Gasteiger partial charge in [0.1, 0.15) is 11.2 Å². The molecule has 0 spiro atoms. The maximum atomic E-state index is 6.55. The number of para-hydroxylation sites is 1. The number of benzene rings is 5. The largest absolute Gasteiger partial charge is 0.455 e. The predicted octanol–water partition coefficient (Wildman–Crippen LogP) is 10.0. The van der Waals surface area contributed by atoms with Crippen LogP contribution in [0.5, 0.6) is 0 Å². The normalized spacial score (nSPS) is 11.4. The van der Waals surface area contributed by atoms with Gasteiger partial charge in [0, 0.05) is 39.7 Å². The van der Waals surface area contributed by atoms with Crippen LogP contribution in [0.25, 0.3) is 89.4 Å². The van der Waals surface area contributed by atoms with Crippen molar-refractivity contribution >= 4 is 33.0 Å². The third-order valence-electron chi connectivity index (χ3n) is 8.44. The number of rotatable bonds is 5. The van der Waals surface area contributed by atoms with E-state index in [-0.39, 0.29) is 0 Å². The molecule has 9 rings (SSSR count). The van der Waals surface area contributed by atoms with Crippen molar-refractivity contribution in [1.29, 1.82) is 0 Å². The third kappa shape index (κ3) is 4.80. The fourth-order valence-electron chi connectivity index (χ4n) is 6.19. The number of pyridine rings is 2. The number of nitrogens with zero attached hydrogens (tertiary/aromatic N) is 5. The van der Waals surface area contributed by atoms with Crippen molar-refractivity contribution in [2.45, 2.75) is 0 Å². The van der Waals surface area contributed by atoms with Crippen molar-refractivity contribution in [3.05, 3.63) is 152 Å². The lowest BCUT2D eigenvalue weighted by Crippen LogP contribution is -2.00. The lowest BCUT2D eigenvalue weighted by Gasteiger charge is -2.12. The van der Waals surface area contributed by atoms with Crippen molar-refractivity contribution < 1.29 is 4.42 Å². The second kappa shape index (κ2) is 11.1. The molecule has 0 atom stereocenters. The predicted molar refractivity (Wildman–Crippen MR) is 187 cm³/mol. The van der Waals surface area contributed by atoms with Gasteiger partial charge in [0.2, 0.25) is 0 Å². The highest BCUT2D eigenvalue weighted by molar-refractivity contribution is 6.11. The van der Waals surface area contributed by atoms with E-state index in [4.69, 9.17) is 19.4 Å². The molecule has 5 aromatic carbocycles. The molecule has 0 fully saturated rings. The summed E-state index contributed by atoms with van der Waals surface area (Å²) in [5.74, 6) is 1.75. The third-order valence-corrected chi connectivity index (χ3v) is 8.44. The zero-order valence-electron chi connectivity index (χ0n) is 25.1. The molecular weight excluding hydrogens is 578 g/mol. The highest BCUT2D eigenvalue weighted by atomic mass is 16.3. The SMILES string of the molecule is c1ccc(-c2nc(-c3ccccc3)nc(-c3cc(-c4cccc(-c5ccnc6ncccc56)c4)cc4c3oc3ccccc34)n2)cc1. The summed E-state index contributed by atoms with van der Waals surface area (Å²) in [6.45, 7) is 0. The van der Waals surface area contributed by atoms with Gasteiger partial charge in [-0.2, -0.15) is 0 Å². The van der Waals surface area contributed by atoms with Crippen LogP contribution in [0.2, 0.25) is 0 Å². The number of furan rings is 1. The fraction of sp³-hybridized carbons (Fsp3) is 0. The number of hydrogen-bond donors (Lipinski definition) is 0. The minimum absolute atomic E-state index is 0.547. The zero-order chi connectivity index (χ0) is 31.2. The Morgan fingerprint density at radius 1 is 0.383 bits per heavy atom. The van der Waals surface area contributed by atoms with E-state index in [9.17, 15) is 0 Å². The fourth-order valence-corrected chi connectivity index (χ4v) is 6.19. The smallest absolute Gasteiger partial charge is 0.167 e. The molecule has 0 N–H and O–H groups in total. The summed E-state index contributed by atoms with van der Waals surface area (Å²) in [6, 6.07) is 47.1. The first-order chi connectivity index (χ1) is 23.3. The maximum absolute atomic E-state index is 6.55. The Labute approximate surface area is 270 Å². The topological polar surface area (TPSA) is 77.6 Å². The summed E-state index contributed by atoms with van der Waals surface area (Å²) < 4.78 is 6.55. The minimum Gasteiger partial charge on any atom is -0.455 e. The summed E-state index contributed by atoms with van der Waals surface area (Å²) in [4.78, 5) is 24.0. The van der Waals surface area contributed by atoms with Crippen molar-refractivity contribution in [3.63, 3.8) is 0 Å². The average Bonchev–Trinajstić information content (AvgIpc) is 3.53. The van der Waals surface area contributed by atoms with E-state index in [0.717, 1.165) is 71.9 Å². The van der Waals surface area contributed by atoms with E-state index < -0.39 is 0 Å². The molecule has 220 valence electrons. The number of hydrogen-bond acceptors (Lipinski definition) is 6. The molecule has 0 amide bonds. The Hall–Kier alpha value is -6.53. The second-order valence-electron chi connectivity index (χ2n) is 11.4. The Morgan fingerprint density at radius 2 is 1.02 bits per heavy atom. The van der Waals surface area contributed by atoms with Crippen LogP contribution in [0.4, 0.5) is 0 Å². The number of fused-ring (bicyclic) bond motifs is 4. The van der Waals surface area contributed by atoms with Gasteiger partial charge >= 0.3 is 0 Å². The van der Waals surface area contributed by atoms with Gasteiger partial charge in [0.15, 0.2) is 23.1 Å². The van der Waals surface area contributed by atoms with Gasteiger partial charge in [-0.3, -0.25) is 0 Å². The Morgan fingerprint density at radius 3 is 1.81 bits per heavy atom. The molecule has 0 saturated carbocycles. The highest BCUT2D eigenvalue weighted by Crippen LogP contribution is 2.40. The second-order valence-corrected chi connectivity index (χ2v) is 11.4. The van der Waals surface area contributed by atoms with E-state index >= 15 is 0 Å². The van der Waals surface area contributed by atoms with Gasteiger partial charge in [0.05, 0.1) is 5.56 Å². The molecule has 6 heteroatoms. The molecule has 4 heterocycles. The lowest BCUT2D eigenvalue weighted by molar-refractivity contribution is 0.669. The van der Waals surface area contributed by atoms with Crippen molar-refractivity contribution in [1.82, 2.24) is 24.9 Å². The average molecular weight is 604 g/mol. The first-order valence-electron chi connectivity index (χ1n) is 15.4. The van der Waals surface area contributed by atoms with Gasteiger partial charge in [-0.1, -0.05) is 97.1 Å². The molecule has 0 radical (unpaired) electrons. The molecule has 47 heavy (non-hydrogen) atoms. The standard InChI is InChI=1S/C41H25N5O/c1-3-11-26(12-4-1)38-44-39(27-13-5-2-6-14-27)46-41(45-38)35-25-30(24-34-32-17-7-8-19-36(32)47-37(34)35)28-15-9-16-29(23-28)31-20-22-43-40-33(31)18-10-21-42-40/h1-25H. The Bertz CT molecular complexity index is 2520. The first-order valence-corrected chi connectivity index (χ1v) is 15.4. The van der Waals surface area contributed by atoms with Gasteiger partial charge in [0.25, 0.3) is 0 Å². The van der Waals surface area contributed by atoms with Crippen LogP contribution in [0.1, 0.15) is 0 Å². The molecule has 0 bridgehead atoms. The highest BCUT2D eigenvalue weighted by Gasteiger charge is 2.20. The summed E-state index contributed by atoms with van der Waals surface area (Å²) in [5.41, 5.74) is 9.15. The Balaban J connectivity index is 1.29. The molecule has 4 aromatic heterocycles. The zero-order valence-corrected chi connectivity index (χ0v) is 25.1. The van der Waals surface area contributed by atoms with E-state index in [2.05, 4.69) is 58.5 Å². The molecule has 6 nitrogen and oxygen atoms in total. The molecule has 0 unspecified atom stereocenters. The molecule has 9 aromatic rings. The van der Waals surface area contributed by atoms with Crippen LogP contribution in [-0.4, -0.2) is 24.9 Å². The van der Waals surface area contributed by atoms with Crippen LogP contribution in [-0.2, 0) is 0 Å². The van der Waals surface area contributed by atoms with Gasteiger partial charge in [-0.15, -0.1) is 0 Å². The van der Waals surface area contributed by atoms with Crippen LogP contribution in [0.3, 0.4) is 0 Å². The Kier molecular flexibility index (Phi) is 6.35. The van der Waals surface area contributed by atoms with Crippen LogP contribution in [0.15, 0.2) is 156 Å². The van der Waals surface area contributed by atoms with E-state index in [1.165, 1.54) is 0 Å². The van der Waals surface area contributed by atoms with E-state index in [1.54, 1.807) is 6.20 Å². The molecule has 0 saturated heterocycles. The van der Waals surface area contributed by atoms with Crippen LogP contribution in [0, 0.1) is 0 Å². The van der Waals surface area contributed by atoms with Crippen LogP contribution >= 0.6 is 0 Å². The monoisotopic (exact) mass is 603 g/mol.